The Morgan fingerprint density at radius 1 is 1.56 bits per heavy atom. The van der Waals surface area contributed by atoms with Crippen LogP contribution in [0.5, 0.6) is 0 Å². The van der Waals surface area contributed by atoms with E-state index < -0.39 is 26.1 Å². The zero-order chi connectivity index (χ0) is 12.5. The molecular weight excluding hydrogens is 377 g/mol. The van der Waals surface area contributed by atoms with Crippen molar-refractivity contribution in [3.05, 3.63) is 20.9 Å². The highest BCUT2D eigenvalue weighted by Gasteiger charge is 2.22. The van der Waals surface area contributed by atoms with Crippen molar-refractivity contribution >= 4 is 42.3 Å². The molecule has 0 bridgehead atoms. The minimum Gasteiger partial charge on any atom is -0.228 e. The van der Waals surface area contributed by atoms with Crippen LogP contribution in [0.4, 0.5) is 8.78 Å². The first-order chi connectivity index (χ1) is 7.27. The van der Waals surface area contributed by atoms with Gasteiger partial charge in [0.05, 0.1) is 5.56 Å². The lowest BCUT2D eigenvalue weighted by Crippen LogP contribution is -2.03. The van der Waals surface area contributed by atoms with Gasteiger partial charge in [0.1, 0.15) is 9.77 Å². The van der Waals surface area contributed by atoms with Crippen LogP contribution in [0.2, 0.25) is 0 Å². The quantitative estimate of drug-likeness (QED) is 0.450. The van der Waals surface area contributed by atoms with Crippen molar-refractivity contribution in [1.29, 1.82) is 5.26 Å². The summed E-state index contributed by atoms with van der Waals surface area (Å²) in [5.41, 5.74) is -1.04. The van der Waals surface area contributed by atoms with Gasteiger partial charge in [-0.05, 0) is 28.7 Å². The normalized spacial score (nSPS) is 11.5. The van der Waals surface area contributed by atoms with Crippen molar-refractivity contribution in [3.8, 4) is 6.07 Å². The zero-order valence-electron chi connectivity index (χ0n) is 7.29. The lowest BCUT2D eigenvalue weighted by atomic mass is 10.2. The van der Waals surface area contributed by atoms with Gasteiger partial charge in [-0.25, -0.2) is 22.2 Å². The first kappa shape index (κ1) is 13.5. The number of hydrogen-bond donors (Lipinski definition) is 0. The first-order valence-electron chi connectivity index (χ1n) is 3.60. The molecule has 0 fully saturated rings. The van der Waals surface area contributed by atoms with E-state index >= 15 is 0 Å². The smallest absolute Gasteiger partial charge is 0.228 e. The number of hydrogen-bond acceptors (Lipinski definition) is 4. The predicted octanol–water partition coefficient (Wildman–Crippen LogP) is 2.42. The van der Waals surface area contributed by atoms with Crippen molar-refractivity contribution < 1.29 is 17.2 Å². The van der Waals surface area contributed by atoms with Crippen LogP contribution >= 0.6 is 33.3 Å². The average molecular weight is 379 g/mol. The van der Waals surface area contributed by atoms with Crippen LogP contribution in [0.1, 0.15) is 17.6 Å². The van der Waals surface area contributed by atoms with Gasteiger partial charge in [0, 0.05) is 16.2 Å². The van der Waals surface area contributed by atoms with E-state index in [4.69, 9.17) is 15.9 Å². The summed E-state index contributed by atoms with van der Waals surface area (Å²) in [5.74, 6) is 0. The summed E-state index contributed by atoms with van der Waals surface area (Å²) < 4.78 is 46.8. The van der Waals surface area contributed by atoms with E-state index in [0.29, 0.717) is 6.07 Å². The third-order valence-corrected chi connectivity index (χ3v) is 3.54. The molecule has 1 rings (SSSR count). The van der Waals surface area contributed by atoms with E-state index in [1.807, 2.05) is 0 Å². The van der Waals surface area contributed by atoms with Crippen LogP contribution in [-0.4, -0.2) is 13.4 Å². The van der Waals surface area contributed by atoms with E-state index in [9.17, 15) is 17.2 Å². The molecule has 16 heavy (non-hydrogen) atoms. The second kappa shape index (κ2) is 4.77. The van der Waals surface area contributed by atoms with Crippen LogP contribution < -0.4 is 0 Å². The standard InChI is InChI=1S/C7H2ClF2IN2O2S/c8-16(14,15)5-1-3(6(9)10)4(2-12)7(11)13-5/h1,6H. The maximum absolute atomic E-state index is 12.5. The molecule has 0 atom stereocenters. The van der Waals surface area contributed by atoms with E-state index in [1.54, 1.807) is 0 Å². The van der Waals surface area contributed by atoms with E-state index in [0.717, 1.165) is 0 Å². The van der Waals surface area contributed by atoms with Gasteiger partial charge in [-0.2, -0.15) is 5.26 Å². The van der Waals surface area contributed by atoms with Gasteiger partial charge >= 0.3 is 0 Å². The molecule has 0 aromatic carbocycles. The van der Waals surface area contributed by atoms with Crippen molar-refractivity contribution in [2.45, 2.75) is 11.5 Å². The molecule has 0 N–H and O–H groups in total. The molecule has 0 aliphatic heterocycles. The maximum Gasteiger partial charge on any atom is 0.278 e. The molecule has 0 aliphatic carbocycles. The summed E-state index contributed by atoms with van der Waals surface area (Å²) in [6, 6.07) is 2.14. The average Bonchev–Trinajstić information content (AvgIpc) is 2.14. The molecule has 0 amide bonds. The second-order valence-electron chi connectivity index (χ2n) is 2.57. The molecule has 0 unspecified atom stereocenters. The summed E-state index contributed by atoms with van der Waals surface area (Å²) in [6.07, 6.45) is -2.97. The Labute approximate surface area is 108 Å². The maximum atomic E-state index is 12.5. The second-order valence-corrected chi connectivity index (χ2v) is 6.10. The molecule has 0 saturated heterocycles. The number of pyridine rings is 1. The SMILES string of the molecule is N#Cc1c(C(F)F)cc(S(=O)(=O)Cl)nc1I. The monoisotopic (exact) mass is 378 g/mol. The first-order valence-corrected chi connectivity index (χ1v) is 6.99. The summed E-state index contributed by atoms with van der Waals surface area (Å²) in [4.78, 5) is 3.47. The van der Waals surface area contributed by atoms with Crippen molar-refractivity contribution in [2.24, 2.45) is 0 Å². The topological polar surface area (TPSA) is 70.8 Å². The molecule has 86 valence electrons. The van der Waals surface area contributed by atoms with Crippen LogP contribution in [0.25, 0.3) is 0 Å². The highest BCUT2D eigenvalue weighted by Crippen LogP contribution is 2.28. The van der Waals surface area contributed by atoms with Crippen molar-refractivity contribution in [2.75, 3.05) is 0 Å². The van der Waals surface area contributed by atoms with Gasteiger partial charge in [-0.1, -0.05) is 0 Å². The number of rotatable bonds is 2. The number of nitrogens with zero attached hydrogens (tertiary/aromatic N) is 2. The Bertz CT molecular complexity index is 570. The summed E-state index contributed by atoms with van der Waals surface area (Å²) >= 11 is 1.49. The molecule has 0 spiro atoms. The van der Waals surface area contributed by atoms with Gasteiger partial charge in [0.25, 0.3) is 15.5 Å². The molecule has 0 saturated carbocycles. The van der Waals surface area contributed by atoms with Crippen molar-refractivity contribution in [3.63, 3.8) is 0 Å². The Morgan fingerprint density at radius 2 is 2.12 bits per heavy atom. The van der Waals surface area contributed by atoms with Gasteiger partial charge in [0.15, 0.2) is 5.03 Å². The lowest BCUT2D eigenvalue weighted by Gasteiger charge is -2.05. The fourth-order valence-corrected chi connectivity index (χ4v) is 2.48. The largest absolute Gasteiger partial charge is 0.278 e. The number of aromatic nitrogens is 1. The van der Waals surface area contributed by atoms with Crippen molar-refractivity contribution in [1.82, 2.24) is 4.98 Å². The zero-order valence-corrected chi connectivity index (χ0v) is 11.0. The molecule has 9 heteroatoms. The van der Waals surface area contributed by atoms with Gasteiger partial charge in [-0.15, -0.1) is 0 Å². The Morgan fingerprint density at radius 3 is 2.50 bits per heavy atom. The van der Waals surface area contributed by atoms with Crippen LogP contribution in [0.15, 0.2) is 11.1 Å². The fourth-order valence-electron chi connectivity index (χ4n) is 0.917. The molecular formula is C7H2ClF2IN2O2S. The van der Waals surface area contributed by atoms with Crippen LogP contribution in [0.3, 0.4) is 0 Å². The Balaban J connectivity index is 3.61. The Kier molecular flexibility index (Phi) is 4.03. The molecule has 1 aromatic heterocycles. The molecule has 1 heterocycles. The third-order valence-electron chi connectivity index (χ3n) is 1.58. The van der Waals surface area contributed by atoms with Crippen LogP contribution in [-0.2, 0) is 9.05 Å². The van der Waals surface area contributed by atoms with Gasteiger partial charge in [-0.3, -0.25) is 0 Å². The third kappa shape index (κ3) is 2.78. The van der Waals surface area contributed by atoms with E-state index in [2.05, 4.69) is 4.98 Å². The van der Waals surface area contributed by atoms with Gasteiger partial charge in [0.2, 0.25) is 0 Å². The van der Waals surface area contributed by atoms with E-state index in [-0.39, 0.29) is 9.26 Å². The highest BCUT2D eigenvalue weighted by atomic mass is 127. The fraction of sp³-hybridized carbons (Fsp3) is 0.143. The molecule has 1 aromatic rings. The number of halogens is 4. The minimum absolute atomic E-state index is 0.128. The molecule has 0 radical (unpaired) electrons. The summed E-state index contributed by atoms with van der Waals surface area (Å²) in [6.45, 7) is 0. The summed E-state index contributed by atoms with van der Waals surface area (Å²) in [5, 5.41) is 7.94. The highest BCUT2D eigenvalue weighted by molar-refractivity contribution is 14.1. The molecule has 0 aliphatic rings. The van der Waals surface area contributed by atoms with Gasteiger partial charge < -0.3 is 0 Å². The van der Waals surface area contributed by atoms with E-state index in [1.165, 1.54) is 28.7 Å². The number of nitriles is 1. The number of alkyl halides is 2. The minimum atomic E-state index is -4.19. The molecule has 4 nitrogen and oxygen atoms in total. The Hall–Kier alpha value is -0.530. The lowest BCUT2D eigenvalue weighted by molar-refractivity contribution is 0.150. The predicted molar refractivity (Wildman–Crippen MR) is 59.7 cm³/mol. The summed E-state index contributed by atoms with van der Waals surface area (Å²) in [7, 11) is 0.789. The van der Waals surface area contributed by atoms with Crippen LogP contribution in [0, 0.1) is 15.0 Å².